The topological polar surface area (TPSA) is 189 Å². The van der Waals surface area contributed by atoms with Crippen molar-refractivity contribution in [2.24, 2.45) is 0 Å². The van der Waals surface area contributed by atoms with Crippen LogP contribution in [-0.4, -0.2) is 110 Å². The molecule has 1 aliphatic rings. The third-order valence-corrected chi connectivity index (χ3v) is 13.0. The molecule has 1 amide bonds. The first kappa shape index (κ1) is 60.6. The van der Waals surface area contributed by atoms with Crippen LogP contribution in [0.4, 0.5) is 0 Å². The molecule has 64 heavy (non-hydrogen) atoms. The van der Waals surface area contributed by atoms with E-state index in [0.29, 0.717) is 19.3 Å². The number of ether oxygens (including phenoxy) is 2. The van der Waals surface area contributed by atoms with Crippen LogP contribution >= 0.6 is 0 Å². The standard InChI is InChI=1S/C53H101NO10/c1-3-5-7-9-11-13-15-17-19-20-21-22-23-24-25-26-27-29-30-32-34-36-38-40-45(56)48(58)44(43-63-53-51(61)50(60)49(59)47(42-55)64-53)54-52(62)46(57)41-39-37-35-33-31-28-18-16-14-12-10-8-6-4-2/h26-27,32,34,44-51,53,55-61H,3-25,28-31,33,35-43H2,1-2H3,(H,54,62)/b27-26+,34-32+. The lowest BCUT2D eigenvalue weighted by molar-refractivity contribution is -0.303. The summed E-state index contributed by atoms with van der Waals surface area (Å²) in [7, 11) is 0. The van der Waals surface area contributed by atoms with Gasteiger partial charge in [-0.15, -0.1) is 0 Å². The van der Waals surface area contributed by atoms with E-state index >= 15 is 0 Å². The van der Waals surface area contributed by atoms with E-state index in [-0.39, 0.29) is 12.8 Å². The normalized spacial score (nSPS) is 21.2. The van der Waals surface area contributed by atoms with Gasteiger partial charge in [-0.1, -0.05) is 212 Å². The van der Waals surface area contributed by atoms with Crippen LogP contribution in [0.3, 0.4) is 0 Å². The summed E-state index contributed by atoms with van der Waals surface area (Å²) >= 11 is 0. The zero-order chi connectivity index (χ0) is 46.9. The molecule has 11 heteroatoms. The number of allylic oxidation sites excluding steroid dienone is 4. The Hall–Kier alpha value is -1.41. The molecule has 0 spiro atoms. The molecule has 1 fully saturated rings. The number of amides is 1. The van der Waals surface area contributed by atoms with Gasteiger partial charge in [0.1, 0.15) is 36.6 Å². The average molecular weight is 912 g/mol. The second kappa shape index (κ2) is 42.9. The average Bonchev–Trinajstić information content (AvgIpc) is 3.29. The smallest absolute Gasteiger partial charge is 0.249 e. The highest BCUT2D eigenvalue weighted by Crippen LogP contribution is 2.23. The number of rotatable bonds is 45. The first-order valence-electron chi connectivity index (χ1n) is 26.7. The Labute approximate surface area is 391 Å². The predicted molar refractivity (Wildman–Crippen MR) is 261 cm³/mol. The molecule has 1 heterocycles. The molecule has 9 atom stereocenters. The monoisotopic (exact) mass is 912 g/mol. The van der Waals surface area contributed by atoms with Crippen LogP contribution in [0.15, 0.2) is 24.3 Å². The van der Waals surface area contributed by atoms with E-state index in [9.17, 15) is 40.5 Å². The van der Waals surface area contributed by atoms with E-state index in [2.05, 4.69) is 43.5 Å². The van der Waals surface area contributed by atoms with Crippen LogP contribution in [0.2, 0.25) is 0 Å². The van der Waals surface area contributed by atoms with Gasteiger partial charge in [-0.05, 0) is 51.4 Å². The quantitative estimate of drug-likeness (QED) is 0.0216. The molecule has 0 aromatic carbocycles. The SMILES string of the molecule is CCCCCCCCCCCCCCCC/C=C/CC/C=C/CCCC(O)C(O)C(COC1OC(CO)C(O)C(O)C1O)NC(=O)C(O)CCCCCCCCCCCCCCCC. The number of hydrogen-bond acceptors (Lipinski definition) is 10. The van der Waals surface area contributed by atoms with E-state index in [1.165, 1.54) is 154 Å². The first-order valence-corrected chi connectivity index (χ1v) is 26.7. The van der Waals surface area contributed by atoms with Crippen molar-refractivity contribution in [2.45, 2.75) is 294 Å². The van der Waals surface area contributed by atoms with Gasteiger partial charge in [0.05, 0.1) is 25.4 Å². The molecule has 1 saturated heterocycles. The van der Waals surface area contributed by atoms with E-state index in [1.54, 1.807) is 0 Å². The molecule has 8 N–H and O–H groups in total. The van der Waals surface area contributed by atoms with Gasteiger partial charge in [0.15, 0.2) is 6.29 Å². The van der Waals surface area contributed by atoms with Crippen LogP contribution in [0, 0.1) is 0 Å². The fourth-order valence-corrected chi connectivity index (χ4v) is 8.58. The second-order valence-corrected chi connectivity index (χ2v) is 18.9. The molecule has 9 unspecified atom stereocenters. The molecule has 0 saturated carbocycles. The summed E-state index contributed by atoms with van der Waals surface area (Å²) in [6, 6.07) is -1.19. The number of carbonyl (C=O) groups excluding carboxylic acids is 1. The van der Waals surface area contributed by atoms with Crippen molar-refractivity contribution in [3.05, 3.63) is 24.3 Å². The highest BCUT2D eigenvalue weighted by molar-refractivity contribution is 5.80. The van der Waals surface area contributed by atoms with Crippen LogP contribution in [-0.2, 0) is 14.3 Å². The Balaban J connectivity index is 2.38. The number of aliphatic hydroxyl groups is 7. The molecule has 0 bridgehead atoms. The summed E-state index contributed by atoms with van der Waals surface area (Å²) in [5, 5.41) is 75.9. The maximum Gasteiger partial charge on any atom is 0.249 e. The summed E-state index contributed by atoms with van der Waals surface area (Å²) in [5.74, 6) is -0.708. The molecular weight excluding hydrogens is 811 g/mol. The largest absolute Gasteiger partial charge is 0.394 e. The zero-order valence-corrected chi connectivity index (χ0v) is 41.0. The molecule has 0 aliphatic carbocycles. The fraction of sp³-hybridized carbons (Fsp3) is 0.906. The number of unbranched alkanes of at least 4 members (excludes halogenated alkanes) is 29. The van der Waals surface area contributed by atoms with Crippen molar-refractivity contribution in [3.63, 3.8) is 0 Å². The minimum atomic E-state index is -1.67. The van der Waals surface area contributed by atoms with Gasteiger partial charge < -0.3 is 50.5 Å². The van der Waals surface area contributed by atoms with Crippen LogP contribution in [0.5, 0.6) is 0 Å². The zero-order valence-electron chi connectivity index (χ0n) is 41.0. The van der Waals surface area contributed by atoms with Crippen molar-refractivity contribution < 1.29 is 50.0 Å². The Morgan fingerprint density at radius 1 is 0.531 bits per heavy atom. The van der Waals surface area contributed by atoms with E-state index in [0.717, 1.165) is 38.5 Å². The molecule has 1 aliphatic heterocycles. The number of hydrogen-bond donors (Lipinski definition) is 8. The van der Waals surface area contributed by atoms with E-state index in [1.807, 2.05) is 0 Å². The van der Waals surface area contributed by atoms with Gasteiger partial charge >= 0.3 is 0 Å². The molecule has 11 nitrogen and oxygen atoms in total. The predicted octanol–water partition coefficient (Wildman–Crippen LogP) is 10.2. The van der Waals surface area contributed by atoms with Gasteiger partial charge in [-0.2, -0.15) is 0 Å². The first-order chi connectivity index (χ1) is 31.2. The Morgan fingerprint density at radius 2 is 0.938 bits per heavy atom. The van der Waals surface area contributed by atoms with Crippen LogP contribution in [0.1, 0.15) is 239 Å². The molecule has 378 valence electrons. The Kier molecular flexibility index (Phi) is 40.6. The fourth-order valence-electron chi connectivity index (χ4n) is 8.58. The van der Waals surface area contributed by atoms with Gasteiger partial charge in [0.25, 0.3) is 0 Å². The van der Waals surface area contributed by atoms with Crippen LogP contribution in [0.25, 0.3) is 0 Å². The second-order valence-electron chi connectivity index (χ2n) is 18.9. The molecule has 0 aromatic heterocycles. The maximum atomic E-state index is 13.1. The molecule has 1 rings (SSSR count). The summed E-state index contributed by atoms with van der Waals surface area (Å²) in [6.07, 6.45) is 38.0. The van der Waals surface area contributed by atoms with Crippen molar-refractivity contribution in [3.8, 4) is 0 Å². The molecule has 0 radical (unpaired) electrons. The molecular formula is C53H101NO10. The lowest BCUT2D eigenvalue weighted by atomic mass is 9.98. The summed E-state index contributed by atoms with van der Waals surface area (Å²) in [5.41, 5.74) is 0. The number of nitrogens with one attached hydrogen (secondary N) is 1. The lowest BCUT2D eigenvalue weighted by Gasteiger charge is -2.40. The Bertz CT molecular complexity index is 1090. The lowest BCUT2D eigenvalue weighted by Crippen LogP contribution is -2.60. The highest BCUT2D eigenvalue weighted by atomic mass is 16.7. The summed E-state index contributed by atoms with van der Waals surface area (Å²) in [4.78, 5) is 13.1. The maximum absolute atomic E-state index is 13.1. The minimum Gasteiger partial charge on any atom is -0.394 e. The van der Waals surface area contributed by atoms with Crippen molar-refractivity contribution >= 4 is 5.91 Å². The highest BCUT2D eigenvalue weighted by Gasteiger charge is 2.44. The third-order valence-electron chi connectivity index (χ3n) is 13.0. The van der Waals surface area contributed by atoms with Gasteiger partial charge in [-0.25, -0.2) is 0 Å². The van der Waals surface area contributed by atoms with E-state index in [4.69, 9.17) is 9.47 Å². The summed E-state index contributed by atoms with van der Waals surface area (Å²) in [6.45, 7) is 3.44. The summed E-state index contributed by atoms with van der Waals surface area (Å²) < 4.78 is 11.1. The number of aliphatic hydroxyl groups excluding tert-OH is 7. The number of carbonyl (C=O) groups is 1. The van der Waals surface area contributed by atoms with Gasteiger partial charge in [-0.3, -0.25) is 4.79 Å². The van der Waals surface area contributed by atoms with Crippen molar-refractivity contribution in [2.75, 3.05) is 13.2 Å². The van der Waals surface area contributed by atoms with Gasteiger partial charge in [0.2, 0.25) is 5.91 Å². The molecule has 0 aromatic rings. The van der Waals surface area contributed by atoms with Gasteiger partial charge in [0, 0.05) is 0 Å². The Morgan fingerprint density at radius 3 is 1.39 bits per heavy atom. The van der Waals surface area contributed by atoms with Crippen LogP contribution < -0.4 is 5.32 Å². The van der Waals surface area contributed by atoms with Crippen molar-refractivity contribution in [1.82, 2.24) is 5.32 Å². The third kappa shape index (κ3) is 31.5. The minimum absolute atomic E-state index is 0.249. The van der Waals surface area contributed by atoms with Crippen molar-refractivity contribution in [1.29, 1.82) is 0 Å². The van der Waals surface area contributed by atoms with E-state index < -0.39 is 74.2 Å².